The number of benzene rings is 1. The molecule has 1 amide bonds. The average Bonchev–Trinajstić information content (AvgIpc) is 2.65. The zero-order chi connectivity index (χ0) is 11.5. The van der Waals surface area contributed by atoms with E-state index in [1.54, 1.807) is 11.3 Å². The van der Waals surface area contributed by atoms with Crippen molar-refractivity contribution in [3.8, 4) is 10.6 Å². The van der Waals surface area contributed by atoms with Crippen LogP contribution in [0.5, 0.6) is 0 Å². The molecule has 1 N–H and O–H groups in total. The molecule has 0 aliphatic heterocycles. The quantitative estimate of drug-likeness (QED) is 0.867. The predicted molar refractivity (Wildman–Crippen MR) is 64.4 cm³/mol. The smallest absolute Gasteiger partial charge is 0.221 e. The van der Waals surface area contributed by atoms with E-state index in [1.807, 2.05) is 31.2 Å². The molecular formula is C11H11N3OS. The Labute approximate surface area is 97.3 Å². The Morgan fingerprint density at radius 2 is 1.94 bits per heavy atom. The molecule has 2 rings (SSSR count). The second kappa shape index (κ2) is 4.40. The fraction of sp³-hybridized carbons (Fsp3) is 0.182. The lowest BCUT2D eigenvalue weighted by Gasteiger charge is -2.01. The van der Waals surface area contributed by atoms with Crippen molar-refractivity contribution in [1.29, 1.82) is 0 Å². The van der Waals surface area contributed by atoms with E-state index in [0.717, 1.165) is 21.3 Å². The Balaban J connectivity index is 2.22. The molecule has 16 heavy (non-hydrogen) atoms. The van der Waals surface area contributed by atoms with Crippen LogP contribution in [0.2, 0.25) is 0 Å². The normalized spacial score (nSPS) is 10.1. The Morgan fingerprint density at radius 3 is 2.44 bits per heavy atom. The van der Waals surface area contributed by atoms with Crippen LogP contribution < -0.4 is 5.32 Å². The Hall–Kier alpha value is -1.75. The Bertz CT molecular complexity index is 504. The minimum absolute atomic E-state index is 0.0699. The van der Waals surface area contributed by atoms with Gasteiger partial charge in [0.15, 0.2) is 0 Å². The van der Waals surface area contributed by atoms with Gasteiger partial charge in [0.05, 0.1) is 0 Å². The lowest BCUT2D eigenvalue weighted by molar-refractivity contribution is -0.114. The van der Waals surface area contributed by atoms with E-state index in [0.29, 0.717) is 0 Å². The number of carbonyl (C=O) groups is 1. The van der Waals surface area contributed by atoms with Crippen molar-refractivity contribution in [2.75, 3.05) is 5.32 Å². The molecule has 1 aromatic heterocycles. The zero-order valence-electron chi connectivity index (χ0n) is 9.02. The van der Waals surface area contributed by atoms with E-state index in [1.165, 1.54) is 6.92 Å². The highest BCUT2D eigenvalue weighted by Gasteiger charge is 2.03. The van der Waals surface area contributed by atoms with Crippen molar-refractivity contribution in [1.82, 2.24) is 10.2 Å². The van der Waals surface area contributed by atoms with Crippen molar-refractivity contribution >= 4 is 22.9 Å². The summed E-state index contributed by atoms with van der Waals surface area (Å²) in [5.74, 6) is -0.0699. The van der Waals surface area contributed by atoms with Gasteiger partial charge in [-0.1, -0.05) is 11.3 Å². The van der Waals surface area contributed by atoms with Gasteiger partial charge in [-0.3, -0.25) is 4.79 Å². The molecule has 0 saturated carbocycles. The minimum atomic E-state index is -0.0699. The van der Waals surface area contributed by atoms with Crippen LogP contribution in [0, 0.1) is 6.92 Å². The summed E-state index contributed by atoms with van der Waals surface area (Å²) < 4.78 is 0. The number of anilines is 1. The molecule has 0 saturated heterocycles. The number of rotatable bonds is 2. The monoisotopic (exact) mass is 233 g/mol. The highest BCUT2D eigenvalue weighted by atomic mass is 32.1. The van der Waals surface area contributed by atoms with E-state index < -0.39 is 0 Å². The Morgan fingerprint density at radius 1 is 1.25 bits per heavy atom. The van der Waals surface area contributed by atoms with Gasteiger partial charge >= 0.3 is 0 Å². The number of hydrogen-bond donors (Lipinski definition) is 1. The summed E-state index contributed by atoms with van der Waals surface area (Å²) >= 11 is 1.55. The molecule has 0 atom stereocenters. The number of hydrogen-bond acceptors (Lipinski definition) is 4. The van der Waals surface area contributed by atoms with E-state index in [-0.39, 0.29) is 5.91 Å². The molecular weight excluding hydrogens is 222 g/mol. The first-order valence-corrected chi connectivity index (χ1v) is 5.65. The highest BCUT2D eigenvalue weighted by Crippen LogP contribution is 2.24. The first-order chi connectivity index (χ1) is 7.65. The minimum Gasteiger partial charge on any atom is -0.326 e. The summed E-state index contributed by atoms with van der Waals surface area (Å²) in [5.41, 5.74) is 1.80. The number of nitrogens with one attached hydrogen (secondary N) is 1. The number of aryl methyl sites for hydroxylation is 1. The molecule has 0 radical (unpaired) electrons. The molecule has 82 valence electrons. The topological polar surface area (TPSA) is 54.9 Å². The fourth-order valence-electron chi connectivity index (χ4n) is 1.31. The molecule has 4 nitrogen and oxygen atoms in total. The van der Waals surface area contributed by atoms with Crippen LogP contribution in [0.15, 0.2) is 24.3 Å². The summed E-state index contributed by atoms with van der Waals surface area (Å²) in [6, 6.07) is 7.55. The van der Waals surface area contributed by atoms with Gasteiger partial charge in [0.2, 0.25) is 5.91 Å². The number of amides is 1. The van der Waals surface area contributed by atoms with Crippen LogP contribution >= 0.6 is 11.3 Å². The lowest BCUT2D eigenvalue weighted by atomic mass is 10.2. The molecule has 5 heteroatoms. The maximum absolute atomic E-state index is 10.8. The van der Waals surface area contributed by atoms with E-state index >= 15 is 0 Å². The third kappa shape index (κ3) is 2.43. The van der Waals surface area contributed by atoms with Gasteiger partial charge in [-0.15, -0.1) is 10.2 Å². The molecule has 0 unspecified atom stereocenters. The summed E-state index contributed by atoms with van der Waals surface area (Å²) in [5, 5.41) is 12.6. The van der Waals surface area contributed by atoms with Crippen molar-refractivity contribution < 1.29 is 4.79 Å². The zero-order valence-corrected chi connectivity index (χ0v) is 9.84. The second-order valence-electron chi connectivity index (χ2n) is 3.38. The maximum Gasteiger partial charge on any atom is 0.221 e. The molecule has 1 aromatic carbocycles. The molecule has 0 spiro atoms. The van der Waals surface area contributed by atoms with Crippen molar-refractivity contribution in [2.45, 2.75) is 13.8 Å². The summed E-state index contributed by atoms with van der Waals surface area (Å²) in [7, 11) is 0. The lowest BCUT2D eigenvalue weighted by Crippen LogP contribution is -2.05. The third-order valence-electron chi connectivity index (χ3n) is 1.98. The second-order valence-corrected chi connectivity index (χ2v) is 4.57. The van der Waals surface area contributed by atoms with Gasteiger partial charge in [0, 0.05) is 18.2 Å². The van der Waals surface area contributed by atoms with Crippen LogP contribution in [0.4, 0.5) is 5.69 Å². The number of carbonyl (C=O) groups excluding carboxylic acids is 1. The van der Waals surface area contributed by atoms with Crippen molar-refractivity contribution in [2.24, 2.45) is 0 Å². The van der Waals surface area contributed by atoms with Gasteiger partial charge in [-0.25, -0.2) is 0 Å². The molecule has 1 heterocycles. The fourth-order valence-corrected chi connectivity index (χ4v) is 2.01. The van der Waals surface area contributed by atoms with Crippen molar-refractivity contribution in [3.05, 3.63) is 29.3 Å². The molecule has 0 bridgehead atoms. The largest absolute Gasteiger partial charge is 0.326 e. The standard InChI is InChI=1S/C11H11N3OS/c1-7(15)12-10-5-3-9(4-6-10)11-14-13-8(2)16-11/h3-6H,1-2H3,(H,12,15). The van der Waals surface area contributed by atoms with Gasteiger partial charge in [0.25, 0.3) is 0 Å². The van der Waals surface area contributed by atoms with Crippen LogP contribution in [0.3, 0.4) is 0 Å². The predicted octanol–water partition coefficient (Wildman–Crippen LogP) is 2.47. The number of aromatic nitrogens is 2. The van der Waals surface area contributed by atoms with Gasteiger partial charge < -0.3 is 5.32 Å². The molecule has 2 aromatic rings. The summed E-state index contributed by atoms with van der Waals surface area (Å²) in [6.45, 7) is 3.41. The van der Waals surface area contributed by atoms with Gasteiger partial charge in [-0.05, 0) is 31.2 Å². The average molecular weight is 233 g/mol. The van der Waals surface area contributed by atoms with Crippen LogP contribution in [-0.2, 0) is 4.79 Å². The third-order valence-corrected chi connectivity index (χ3v) is 2.87. The molecule has 0 aliphatic rings. The van der Waals surface area contributed by atoms with E-state index in [2.05, 4.69) is 15.5 Å². The summed E-state index contributed by atoms with van der Waals surface area (Å²) in [6.07, 6.45) is 0. The van der Waals surface area contributed by atoms with Crippen LogP contribution in [0.1, 0.15) is 11.9 Å². The number of nitrogens with zero attached hydrogens (tertiary/aromatic N) is 2. The Kier molecular flexibility index (Phi) is 2.96. The van der Waals surface area contributed by atoms with Gasteiger partial charge in [-0.2, -0.15) is 0 Å². The molecule has 0 aliphatic carbocycles. The van der Waals surface area contributed by atoms with Crippen LogP contribution in [0.25, 0.3) is 10.6 Å². The van der Waals surface area contributed by atoms with E-state index in [9.17, 15) is 4.79 Å². The van der Waals surface area contributed by atoms with E-state index in [4.69, 9.17) is 0 Å². The summed E-state index contributed by atoms with van der Waals surface area (Å²) in [4.78, 5) is 10.8. The SMILES string of the molecule is CC(=O)Nc1ccc(-c2nnc(C)s2)cc1. The molecule has 0 fully saturated rings. The van der Waals surface area contributed by atoms with Gasteiger partial charge in [0.1, 0.15) is 10.0 Å². The maximum atomic E-state index is 10.8. The first kappa shape index (κ1) is 10.8. The first-order valence-electron chi connectivity index (χ1n) is 4.83. The highest BCUT2D eigenvalue weighted by molar-refractivity contribution is 7.14. The van der Waals surface area contributed by atoms with Crippen molar-refractivity contribution in [3.63, 3.8) is 0 Å². The van der Waals surface area contributed by atoms with Crippen LogP contribution in [-0.4, -0.2) is 16.1 Å².